The molecule has 2 aromatic rings. The topological polar surface area (TPSA) is 78.1 Å². The normalized spacial score (nSPS) is 20.5. The molecule has 1 aromatic heterocycles. The van der Waals surface area contributed by atoms with Gasteiger partial charge in [0, 0.05) is 31.1 Å². The third-order valence-electron chi connectivity index (χ3n) is 5.87. The third-order valence-corrected chi connectivity index (χ3v) is 5.87. The van der Waals surface area contributed by atoms with Crippen molar-refractivity contribution < 1.29 is 9.59 Å². The SMILES string of the molecule is CCCC(=O)N1CCCC(C(=O)Nc2ccc3nc(C4CCC4)[nH]c3c2)C1. The molecular formula is C21H28N4O2. The molecule has 6 nitrogen and oxygen atoms in total. The number of hydrogen-bond donors (Lipinski definition) is 2. The van der Waals surface area contributed by atoms with Crippen molar-refractivity contribution in [2.75, 3.05) is 18.4 Å². The van der Waals surface area contributed by atoms with Crippen LogP contribution in [0.5, 0.6) is 0 Å². The zero-order valence-electron chi connectivity index (χ0n) is 16.0. The first-order valence-corrected chi connectivity index (χ1v) is 10.2. The minimum atomic E-state index is -0.137. The van der Waals surface area contributed by atoms with Crippen LogP contribution in [-0.4, -0.2) is 39.8 Å². The van der Waals surface area contributed by atoms with Gasteiger partial charge in [-0.2, -0.15) is 0 Å². The van der Waals surface area contributed by atoms with Gasteiger partial charge in [0.2, 0.25) is 11.8 Å². The maximum absolute atomic E-state index is 12.7. The van der Waals surface area contributed by atoms with Gasteiger partial charge in [0.25, 0.3) is 0 Å². The summed E-state index contributed by atoms with van der Waals surface area (Å²) in [4.78, 5) is 34.8. The molecule has 144 valence electrons. The Morgan fingerprint density at radius 2 is 2.11 bits per heavy atom. The predicted octanol–water partition coefficient (Wildman–Crippen LogP) is 3.81. The van der Waals surface area contributed by atoms with Crippen LogP contribution in [0.2, 0.25) is 0 Å². The molecular weight excluding hydrogens is 340 g/mol. The third kappa shape index (κ3) is 3.84. The molecule has 4 rings (SSSR count). The Kier molecular flexibility index (Phi) is 5.14. The molecule has 2 amide bonds. The summed E-state index contributed by atoms with van der Waals surface area (Å²) in [6, 6.07) is 5.83. The lowest BCUT2D eigenvalue weighted by atomic mass is 9.85. The van der Waals surface area contributed by atoms with E-state index in [1.54, 1.807) is 0 Å². The van der Waals surface area contributed by atoms with E-state index in [4.69, 9.17) is 0 Å². The second kappa shape index (κ2) is 7.71. The first kappa shape index (κ1) is 18.0. The van der Waals surface area contributed by atoms with Crippen molar-refractivity contribution in [3.05, 3.63) is 24.0 Å². The van der Waals surface area contributed by atoms with Crippen LogP contribution in [0.3, 0.4) is 0 Å². The number of benzene rings is 1. The lowest BCUT2D eigenvalue weighted by Gasteiger charge is -2.32. The number of fused-ring (bicyclic) bond motifs is 1. The van der Waals surface area contributed by atoms with Crippen LogP contribution in [0.4, 0.5) is 5.69 Å². The van der Waals surface area contributed by atoms with Gasteiger partial charge in [-0.15, -0.1) is 0 Å². The number of hydrogen-bond acceptors (Lipinski definition) is 3. The number of nitrogens with one attached hydrogen (secondary N) is 2. The number of H-pyrrole nitrogens is 1. The highest BCUT2D eigenvalue weighted by atomic mass is 16.2. The molecule has 0 bridgehead atoms. The molecule has 1 aliphatic heterocycles. The predicted molar refractivity (Wildman–Crippen MR) is 106 cm³/mol. The lowest BCUT2D eigenvalue weighted by molar-refractivity contribution is -0.134. The first-order chi connectivity index (χ1) is 13.1. The zero-order valence-corrected chi connectivity index (χ0v) is 16.0. The average molecular weight is 368 g/mol. The van der Waals surface area contributed by atoms with Gasteiger partial charge in [0.1, 0.15) is 5.82 Å². The van der Waals surface area contributed by atoms with Crippen LogP contribution < -0.4 is 5.32 Å². The summed E-state index contributed by atoms with van der Waals surface area (Å²) in [6.45, 7) is 3.31. The van der Waals surface area contributed by atoms with Crippen LogP contribution in [0, 0.1) is 5.92 Å². The summed E-state index contributed by atoms with van der Waals surface area (Å²) in [6.07, 6.45) is 6.82. The molecule has 0 spiro atoms. The summed E-state index contributed by atoms with van der Waals surface area (Å²) in [5.41, 5.74) is 2.70. The Bertz CT molecular complexity index is 840. The fraction of sp³-hybridized carbons (Fsp3) is 0.571. The molecule has 1 atom stereocenters. The Labute approximate surface area is 159 Å². The molecule has 2 N–H and O–H groups in total. The summed E-state index contributed by atoms with van der Waals surface area (Å²) >= 11 is 0. The highest BCUT2D eigenvalue weighted by Gasteiger charge is 2.28. The highest BCUT2D eigenvalue weighted by Crippen LogP contribution is 2.35. The standard InChI is InChI=1S/C21H28N4O2/c1-2-5-19(26)25-11-4-8-15(13-25)21(27)22-16-9-10-17-18(12-16)24-20(23-17)14-6-3-7-14/h9-10,12,14-15H,2-8,11,13H2,1H3,(H,22,27)(H,23,24). The fourth-order valence-electron chi connectivity index (χ4n) is 4.02. The van der Waals surface area contributed by atoms with Crippen molar-refractivity contribution in [2.24, 2.45) is 5.92 Å². The zero-order chi connectivity index (χ0) is 18.8. The van der Waals surface area contributed by atoms with Crippen molar-refractivity contribution in [3.63, 3.8) is 0 Å². The average Bonchev–Trinajstić information content (AvgIpc) is 3.03. The molecule has 1 saturated carbocycles. The second-order valence-electron chi connectivity index (χ2n) is 7.90. The molecule has 6 heteroatoms. The minimum Gasteiger partial charge on any atom is -0.342 e. The van der Waals surface area contributed by atoms with Crippen LogP contribution in [0.1, 0.15) is 63.6 Å². The van der Waals surface area contributed by atoms with E-state index in [-0.39, 0.29) is 17.7 Å². The van der Waals surface area contributed by atoms with E-state index in [1.165, 1.54) is 19.3 Å². The number of carbonyl (C=O) groups excluding carboxylic acids is 2. The molecule has 1 unspecified atom stereocenters. The van der Waals surface area contributed by atoms with E-state index < -0.39 is 0 Å². The Balaban J connectivity index is 1.41. The minimum absolute atomic E-state index is 0.00193. The quantitative estimate of drug-likeness (QED) is 0.842. The number of anilines is 1. The van der Waals surface area contributed by atoms with Crippen LogP contribution >= 0.6 is 0 Å². The van der Waals surface area contributed by atoms with Crippen molar-refractivity contribution in [1.29, 1.82) is 0 Å². The molecule has 1 aliphatic carbocycles. The number of imidazole rings is 1. The van der Waals surface area contributed by atoms with Gasteiger partial charge in [-0.25, -0.2) is 4.98 Å². The summed E-state index contributed by atoms with van der Waals surface area (Å²) in [5.74, 6) is 1.66. The number of rotatable bonds is 5. The Morgan fingerprint density at radius 1 is 1.26 bits per heavy atom. The largest absolute Gasteiger partial charge is 0.342 e. The van der Waals surface area contributed by atoms with E-state index in [9.17, 15) is 9.59 Å². The molecule has 0 radical (unpaired) electrons. The number of aromatic amines is 1. The molecule has 1 saturated heterocycles. The van der Waals surface area contributed by atoms with Crippen molar-refractivity contribution in [3.8, 4) is 0 Å². The Hall–Kier alpha value is -2.37. The van der Waals surface area contributed by atoms with Crippen molar-refractivity contribution in [2.45, 2.75) is 57.8 Å². The number of piperidine rings is 1. The van der Waals surface area contributed by atoms with Crippen LogP contribution in [-0.2, 0) is 9.59 Å². The second-order valence-corrected chi connectivity index (χ2v) is 7.90. The molecule has 1 aromatic carbocycles. The fourth-order valence-corrected chi connectivity index (χ4v) is 4.02. The monoisotopic (exact) mass is 368 g/mol. The number of likely N-dealkylation sites (tertiary alicyclic amines) is 1. The lowest BCUT2D eigenvalue weighted by Crippen LogP contribution is -2.43. The summed E-state index contributed by atoms with van der Waals surface area (Å²) in [7, 11) is 0. The van der Waals surface area contributed by atoms with Gasteiger partial charge in [0.05, 0.1) is 17.0 Å². The molecule has 2 aliphatic rings. The van der Waals surface area contributed by atoms with E-state index in [0.717, 1.165) is 48.4 Å². The number of nitrogens with zero attached hydrogens (tertiary/aromatic N) is 2. The smallest absolute Gasteiger partial charge is 0.229 e. The van der Waals surface area contributed by atoms with Crippen molar-refractivity contribution in [1.82, 2.24) is 14.9 Å². The van der Waals surface area contributed by atoms with Gasteiger partial charge < -0.3 is 15.2 Å². The molecule has 27 heavy (non-hydrogen) atoms. The number of carbonyl (C=O) groups is 2. The summed E-state index contributed by atoms with van der Waals surface area (Å²) in [5, 5.41) is 3.04. The van der Waals surface area contributed by atoms with Gasteiger partial charge in [-0.05, 0) is 50.3 Å². The van der Waals surface area contributed by atoms with Crippen molar-refractivity contribution >= 4 is 28.5 Å². The number of aromatic nitrogens is 2. The van der Waals surface area contributed by atoms with E-state index >= 15 is 0 Å². The van der Waals surface area contributed by atoms with Crippen LogP contribution in [0.15, 0.2) is 18.2 Å². The first-order valence-electron chi connectivity index (χ1n) is 10.2. The van der Waals surface area contributed by atoms with Crippen LogP contribution in [0.25, 0.3) is 11.0 Å². The molecule has 2 heterocycles. The highest BCUT2D eigenvalue weighted by molar-refractivity contribution is 5.95. The maximum atomic E-state index is 12.7. The van der Waals surface area contributed by atoms with Gasteiger partial charge in [-0.1, -0.05) is 13.3 Å². The van der Waals surface area contributed by atoms with E-state index in [1.807, 2.05) is 30.0 Å². The van der Waals surface area contributed by atoms with Gasteiger partial charge in [-0.3, -0.25) is 9.59 Å². The number of amides is 2. The summed E-state index contributed by atoms with van der Waals surface area (Å²) < 4.78 is 0. The van der Waals surface area contributed by atoms with E-state index in [0.29, 0.717) is 18.9 Å². The Morgan fingerprint density at radius 3 is 2.85 bits per heavy atom. The molecule has 2 fully saturated rings. The van der Waals surface area contributed by atoms with Gasteiger partial charge >= 0.3 is 0 Å². The van der Waals surface area contributed by atoms with Gasteiger partial charge in [0.15, 0.2) is 0 Å². The van der Waals surface area contributed by atoms with E-state index in [2.05, 4.69) is 15.3 Å². The maximum Gasteiger partial charge on any atom is 0.229 e.